The molecule has 3 atom stereocenters. The molecule has 2 bridgehead atoms. The van der Waals surface area contributed by atoms with Crippen LogP contribution < -0.4 is 5.32 Å². The highest BCUT2D eigenvalue weighted by Crippen LogP contribution is 2.63. The van der Waals surface area contributed by atoms with Crippen molar-refractivity contribution in [1.82, 2.24) is 5.32 Å². The molecule has 0 saturated heterocycles. The summed E-state index contributed by atoms with van der Waals surface area (Å²) in [7, 11) is 0. The molecule has 1 amide bonds. The Kier molecular flexibility index (Phi) is 2.01. The molecular weight excluding hydrogens is 190 g/mol. The van der Waals surface area contributed by atoms with E-state index in [1.807, 2.05) is 0 Å². The number of carbonyl (C=O) groups excluding carboxylic acids is 2. The molecule has 0 aromatic carbocycles. The zero-order chi connectivity index (χ0) is 11.4. The molecule has 1 N–H and O–H groups in total. The topological polar surface area (TPSA) is 46.2 Å². The molecule has 0 unspecified atom stereocenters. The third-order valence-corrected chi connectivity index (χ3v) is 4.89. The maximum Gasteiger partial charge on any atom is 0.217 e. The van der Waals surface area contributed by atoms with Gasteiger partial charge in [0.15, 0.2) is 5.78 Å². The minimum atomic E-state index is -0.240. The highest BCUT2D eigenvalue weighted by molar-refractivity contribution is 5.96. The predicted octanol–water partition coefficient (Wildman–Crippen LogP) is 1.52. The molecule has 2 aliphatic rings. The lowest BCUT2D eigenvalue weighted by Crippen LogP contribution is -2.45. The van der Waals surface area contributed by atoms with Crippen molar-refractivity contribution in [2.24, 2.45) is 16.7 Å². The molecule has 0 spiro atoms. The fourth-order valence-corrected chi connectivity index (χ4v) is 3.47. The van der Waals surface area contributed by atoms with Crippen LogP contribution >= 0.6 is 0 Å². The van der Waals surface area contributed by atoms with Crippen molar-refractivity contribution in [2.45, 2.75) is 46.6 Å². The fourth-order valence-electron chi connectivity index (χ4n) is 3.47. The standard InChI is InChI=1S/C12H19NO2/c1-7(14)13-9-8-5-6-12(4,10(9)15)11(8,2)3/h8-9H,5-6H2,1-4H3,(H,13,14)/t8-,9+,12+/m1/s1. The SMILES string of the molecule is CC(=O)N[C@@H]1C(=O)[C@]2(C)CC[C@H]1C2(C)C. The molecule has 84 valence electrons. The van der Waals surface area contributed by atoms with Gasteiger partial charge in [-0.15, -0.1) is 0 Å². The normalized spacial score (nSPS) is 42.0. The van der Waals surface area contributed by atoms with E-state index in [9.17, 15) is 9.59 Å². The number of carbonyl (C=O) groups is 2. The maximum absolute atomic E-state index is 12.2. The van der Waals surface area contributed by atoms with E-state index in [2.05, 4.69) is 26.1 Å². The number of fused-ring (bicyclic) bond motifs is 2. The van der Waals surface area contributed by atoms with Gasteiger partial charge in [0.2, 0.25) is 5.91 Å². The smallest absolute Gasteiger partial charge is 0.217 e. The van der Waals surface area contributed by atoms with E-state index in [4.69, 9.17) is 0 Å². The lowest BCUT2D eigenvalue weighted by atomic mass is 9.70. The van der Waals surface area contributed by atoms with Crippen LogP contribution in [0.4, 0.5) is 0 Å². The van der Waals surface area contributed by atoms with Crippen LogP contribution in [0.15, 0.2) is 0 Å². The van der Waals surface area contributed by atoms with Crippen molar-refractivity contribution < 1.29 is 9.59 Å². The summed E-state index contributed by atoms with van der Waals surface area (Å²) in [4.78, 5) is 23.3. The van der Waals surface area contributed by atoms with Gasteiger partial charge in [0.25, 0.3) is 0 Å². The zero-order valence-corrected chi connectivity index (χ0v) is 9.89. The predicted molar refractivity (Wildman–Crippen MR) is 57.2 cm³/mol. The molecule has 15 heavy (non-hydrogen) atoms. The molecule has 0 aliphatic heterocycles. The number of Topliss-reactive ketones (excluding diaryl/α,β-unsaturated/α-hetero) is 1. The van der Waals surface area contributed by atoms with Gasteiger partial charge in [0.05, 0.1) is 6.04 Å². The number of hydrogen-bond acceptors (Lipinski definition) is 2. The van der Waals surface area contributed by atoms with E-state index in [-0.39, 0.29) is 28.6 Å². The Balaban J connectivity index is 2.34. The number of amides is 1. The molecule has 2 saturated carbocycles. The lowest BCUT2D eigenvalue weighted by Gasteiger charge is -2.32. The Labute approximate surface area is 90.6 Å². The second-order valence-corrected chi connectivity index (χ2v) is 5.74. The van der Waals surface area contributed by atoms with Gasteiger partial charge in [-0.2, -0.15) is 0 Å². The summed E-state index contributed by atoms with van der Waals surface area (Å²) in [6.07, 6.45) is 2.03. The average Bonchev–Trinajstić information content (AvgIpc) is 2.40. The highest BCUT2D eigenvalue weighted by Gasteiger charge is 2.66. The van der Waals surface area contributed by atoms with Crippen molar-refractivity contribution in [3.8, 4) is 0 Å². The van der Waals surface area contributed by atoms with E-state index >= 15 is 0 Å². The van der Waals surface area contributed by atoms with Crippen LogP contribution in [-0.2, 0) is 9.59 Å². The maximum atomic E-state index is 12.2. The van der Waals surface area contributed by atoms with E-state index in [1.165, 1.54) is 6.92 Å². The van der Waals surface area contributed by atoms with Gasteiger partial charge in [-0.25, -0.2) is 0 Å². The van der Waals surface area contributed by atoms with E-state index < -0.39 is 0 Å². The lowest BCUT2D eigenvalue weighted by molar-refractivity contribution is -0.132. The Morgan fingerprint density at radius 3 is 2.40 bits per heavy atom. The molecular formula is C12H19NO2. The van der Waals surface area contributed by atoms with Gasteiger partial charge in [-0.05, 0) is 24.2 Å². The van der Waals surface area contributed by atoms with Gasteiger partial charge in [0.1, 0.15) is 0 Å². The van der Waals surface area contributed by atoms with Crippen molar-refractivity contribution in [2.75, 3.05) is 0 Å². The third kappa shape index (κ3) is 1.12. The van der Waals surface area contributed by atoms with Crippen LogP contribution in [0, 0.1) is 16.7 Å². The van der Waals surface area contributed by atoms with E-state index in [0.717, 1.165) is 12.8 Å². The van der Waals surface area contributed by atoms with Gasteiger partial charge in [-0.3, -0.25) is 9.59 Å². The van der Waals surface area contributed by atoms with Crippen LogP contribution in [0.2, 0.25) is 0 Å². The van der Waals surface area contributed by atoms with E-state index in [1.54, 1.807) is 0 Å². The van der Waals surface area contributed by atoms with Gasteiger partial charge in [-0.1, -0.05) is 20.8 Å². The van der Waals surface area contributed by atoms with Crippen LogP contribution in [0.3, 0.4) is 0 Å². The van der Waals surface area contributed by atoms with Gasteiger partial charge >= 0.3 is 0 Å². The summed E-state index contributed by atoms with van der Waals surface area (Å²) < 4.78 is 0. The van der Waals surface area contributed by atoms with E-state index in [0.29, 0.717) is 5.92 Å². The van der Waals surface area contributed by atoms with Crippen molar-refractivity contribution in [3.63, 3.8) is 0 Å². The average molecular weight is 209 g/mol. The van der Waals surface area contributed by atoms with Crippen LogP contribution in [0.1, 0.15) is 40.5 Å². The minimum absolute atomic E-state index is 0.0250. The Morgan fingerprint density at radius 1 is 1.40 bits per heavy atom. The fraction of sp³-hybridized carbons (Fsp3) is 0.833. The monoisotopic (exact) mass is 209 g/mol. The van der Waals surface area contributed by atoms with Crippen molar-refractivity contribution in [1.29, 1.82) is 0 Å². The summed E-state index contributed by atoms with van der Waals surface area (Å²) in [6.45, 7) is 7.85. The first-order valence-electron chi connectivity index (χ1n) is 5.62. The van der Waals surface area contributed by atoms with Crippen molar-refractivity contribution in [3.05, 3.63) is 0 Å². The number of rotatable bonds is 1. The second-order valence-electron chi connectivity index (χ2n) is 5.74. The molecule has 2 fully saturated rings. The first-order valence-corrected chi connectivity index (χ1v) is 5.62. The first-order chi connectivity index (χ1) is 6.80. The largest absolute Gasteiger partial charge is 0.346 e. The number of hydrogen-bond donors (Lipinski definition) is 1. The Bertz CT molecular complexity index is 335. The highest BCUT2D eigenvalue weighted by atomic mass is 16.2. The molecule has 3 nitrogen and oxygen atoms in total. The Morgan fingerprint density at radius 2 is 2.00 bits per heavy atom. The zero-order valence-electron chi connectivity index (χ0n) is 9.89. The molecule has 0 aromatic heterocycles. The molecule has 0 aromatic rings. The van der Waals surface area contributed by atoms with Gasteiger partial charge in [0, 0.05) is 12.3 Å². The summed E-state index contributed by atoms with van der Waals surface area (Å²) >= 11 is 0. The molecule has 2 aliphatic carbocycles. The molecule has 2 rings (SSSR count). The number of ketones is 1. The second kappa shape index (κ2) is 2.83. The summed E-state index contributed by atoms with van der Waals surface area (Å²) in [5.74, 6) is 0.457. The summed E-state index contributed by atoms with van der Waals surface area (Å²) in [5.41, 5.74) is -0.206. The van der Waals surface area contributed by atoms with Crippen LogP contribution in [0.25, 0.3) is 0 Å². The van der Waals surface area contributed by atoms with Crippen molar-refractivity contribution >= 4 is 11.7 Å². The quantitative estimate of drug-likeness (QED) is 0.711. The third-order valence-electron chi connectivity index (χ3n) is 4.89. The summed E-state index contributed by atoms with van der Waals surface area (Å²) in [5, 5.41) is 2.82. The minimum Gasteiger partial charge on any atom is -0.346 e. The molecule has 0 radical (unpaired) electrons. The first kappa shape index (κ1) is 10.7. The summed E-state index contributed by atoms with van der Waals surface area (Å²) in [6, 6.07) is -0.240. The molecule has 0 heterocycles. The van der Waals surface area contributed by atoms with Crippen LogP contribution in [0.5, 0.6) is 0 Å². The van der Waals surface area contributed by atoms with Crippen LogP contribution in [-0.4, -0.2) is 17.7 Å². The Hall–Kier alpha value is -0.860. The number of nitrogens with one attached hydrogen (secondary N) is 1. The van der Waals surface area contributed by atoms with Gasteiger partial charge < -0.3 is 5.32 Å². The molecule has 3 heteroatoms.